The monoisotopic (exact) mass is 445 g/mol. The van der Waals surface area contributed by atoms with Gasteiger partial charge in [-0.3, -0.25) is 0 Å². The number of hydrogen-bond acceptors (Lipinski definition) is 3. The molecule has 134 valence electrons. The Morgan fingerprint density at radius 2 is 1.84 bits per heavy atom. The molecule has 2 N–H and O–H groups in total. The number of aromatic carboxylic acids is 1. The molecule has 0 aliphatic carbocycles. The number of nitrogens with one attached hydrogen (secondary N) is 1. The molecule has 8 heteroatoms. The van der Waals surface area contributed by atoms with Gasteiger partial charge in [0.05, 0.1) is 15.5 Å². The number of carboxylic acid groups (broad SMARTS) is 1. The lowest BCUT2D eigenvalue weighted by Gasteiger charge is -2.19. The van der Waals surface area contributed by atoms with Crippen LogP contribution in [-0.2, 0) is 10.0 Å². The maximum absolute atomic E-state index is 12.8. The first-order valence-corrected chi connectivity index (χ1v) is 10.1. The van der Waals surface area contributed by atoms with Gasteiger partial charge in [-0.15, -0.1) is 0 Å². The molecular formula is C17H17BrClNO4S. The summed E-state index contributed by atoms with van der Waals surface area (Å²) < 4.78 is 29.1. The van der Waals surface area contributed by atoms with E-state index in [0.29, 0.717) is 6.42 Å². The van der Waals surface area contributed by atoms with E-state index in [1.54, 1.807) is 0 Å². The van der Waals surface area contributed by atoms with Crippen molar-refractivity contribution < 1.29 is 18.3 Å². The van der Waals surface area contributed by atoms with Gasteiger partial charge in [-0.1, -0.05) is 46.6 Å². The van der Waals surface area contributed by atoms with Crippen LogP contribution >= 0.6 is 27.5 Å². The molecule has 0 aromatic heterocycles. The molecule has 0 fully saturated rings. The first-order valence-electron chi connectivity index (χ1n) is 7.47. The van der Waals surface area contributed by atoms with Crippen LogP contribution in [0.3, 0.4) is 0 Å². The molecule has 2 rings (SSSR count). The molecular weight excluding hydrogens is 430 g/mol. The Morgan fingerprint density at radius 3 is 2.36 bits per heavy atom. The fourth-order valence-electron chi connectivity index (χ4n) is 2.55. The highest BCUT2D eigenvalue weighted by atomic mass is 79.9. The predicted molar refractivity (Wildman–Crippen MR) is 101 cm³/mol. The minimum absolute atomic E-state index is 0.00361. The Balaban J connectivity index is 2.43. The average molecular weight is 447 g/mol. The second-order valence-electron chi connectivity index (χ2n) is 5.48. The fourth-order valence-corrected chi connectivity index (χ4v) is 4.65. The third kappa shape index (κ3) is 4.41. The van der Waals surface area contributed by atoms with Crippen LogP contribution in [0, 0.1) is 6.92 Å². The lowest BCUT2D eigenvalue weighted by Crippen LogP contribution is -2.29. The van der Waals surface area contributed by atoms with Gasteiger partial charge in [0.2, 0.25) is 10.0 Å². The van der Waals surface area contributed by atoms with Crippen molar-refractivity contribution in [2.24, 2.45) is 0 Å². The second kappa shape index (κ2) is 7.86. The quantitative estimate of drug-likeness (QED) is 0.682. The van der Waals surface area contributed by atoms with E-state index in [1.165, 1.54) is 19.1 Å². The zero-order valence-electron chi connectivity index (χ0n) is 13.6. The summed E-state index contributed by atoms with van der Waals surface area (Å²) >= 11 is 9.24. The van der Waals surface area contributed by atoms with E-state index < -0.39 is 22.0 Å². The number of carbonyl (C=O) groups is 1. The number of rotatable bonds is 6. The molecule has 0 radical (unpaired) electrons. The van der Waals surface area contributed by atoms with E-state index >= 15 is 0 Å². The number of carboxylic acids is 1. The summed E-state index contributed by atoms with van der Waals surface area (Å²) in [6.45, 7) is 3.30. The lowest BCUT2D eigenvalue weighted by molar-refractivity contribution is 0.0696. The van der Waals surface area contributed by atoms with Crippen LogP contribution in [0.25, 0.3) is 0 Å². The summed E-state index contributed by atoms with van der Waals surface area (Å²) in [5.74, 6) is -1.26. The second-order valence-corrected chi connectivity index (χ2v) is 8.49. The van der Waals surface area contributed by atoms with Crippen molar-refractivity contribution in [3.8, 4) is 0 Å². The Bertz CT molecular complexity index is 898. The molecule has 5 nitrogen and oxygen atoms in total. The van der Waals surface area contributed by atoms with Gasteiger partial charge in [-0.2, -0.15) is 0 Å². The minimum atomic E-state index is -3.92. The van der Waals surface area contributed by atoms with E-state index in [-0.39, 0.29) is 21.0 Å². The number of hydrogen-bond donors (Lipinski definition) is 2. The largest absolute Gasteiger partial charge is 0.478 e. The molecule has 0 aliphatic heterocycles. The van der Waals surface area contributed by atoms with Gasteiger partial charge in [0.1, 0.15) is 0 Å². The highest BCUT2D eigenvalue weighted by molar-refractivity contribution is 9.10. The smallest absolute Gasteiger partial charge is 0.337 e. The molecule has 1 atom stereocenters. The van der Waals surface area contributed by atoms with Crippen molar-refractivity contribution in [3.63, 3.8) is 0 Å². The summed E-state index contributed by atoms with van der Waals surface area (Å²) in [4.78, 5) is 11.3. The van der Waals surface area contributed by atoms with Crippen LogP contribution in [0.4, 0.5) is 0 Å². The van der Waals surface area contributed by atoms with E-state index in [9.17, 15) is 18.3 Å². The maximum atomic E-state index is 12.8. The number of benzene rings is 2. The Kier molecular flexibility index (Phi) is 6.26. The molecule has 0 aliphatic rings. The van der Waals surface area contributed by atoms with Crippen LogP contribution in [0.15, 0.2) is 45.8 Å². The molecule has 0 saturated heterocycles. The highest BCUT2D eigenvalue weighted by Gasteiger charge is 2.25. The van der Waals surface area contributed by atoms with Crippen molar-refractivity contribution in [2.45, 2.75) is 31.2 Å². The lowest BCUT2D eigenvalue weighted by atomic mass is 10.1. The number of halogens is 2. The zero-order valence-corrected chi connectivity index (χ0v) is 16.7. The van der Waals surface area contributed by atoms with Gasteiger partial charge in [-0.05, 0) is 48.7 Å². The van der Waals surface area contributed by atoms with Crippen molar-refractivity contribution in [3.05, 3.63) is 62.6 Å². The van der Waals surface area contributed by atoms with Crippen LogP contribution in [-0.4, -0.2) is 19.5 Å². The van der Waals surface area contributed by atoms with Gasteiger partial charge < -0.3 is 5.11 Å². The summed E-state index contributed by atoms with van der Waals surface area (Å²) in [5.41, 5.74) is 0.721. The van der Waals surface area contributed by atoms with Crippen molar-refractivity contribution in [1.82, 2.24) is 4.72 Å². The maximum Gasteiger partial charge on any atom is 0.337 e. The number of sulfonamides is 1. The average Bonchev–Trinajstić information content (AvgIpc) is 2.53. The molecule has 0 amide bonds. The molecule has 0 bridgehead atoms. The molecule has 0 heterocycles. The van der Waals surface area contributed by atoms with Crippen LogP contribution in [0.2, 0.25) is 5.02 Å². The first kappa shape index (κ1) is 19.9. The SMILES string of the molecule is CCC(NS(=O)(=O)c1ccc(Cl)c(C(=O)O)c1C)c1ccc(Br)cc1. The van der Waals surface area contributed by atoms with E-state index in [4.69, 9.17) is 11.6 Å². The standard InChI is InChI=1S/C17H17BrClNO4S/c1-3-14(11-4-6-12(18)7-5-11)20-25(23,24)15-9-8-13(19)16(10(15)2)17(21)22/h4-9,14,20H,3H2,1-2H3,(H,21,22). The van der Waals surface area contributed by atoms with Crippen molar-refractivity contribution >= 4 is 43.5 Å². The van der Waals surface area contributed by atoms with Gasteiger partial charge in [0.25, 0.3) is 0 Å². The molecule has 0 saturated carbocycles. The van der Waals surface area contributed by atoms with Gasteiger partial charge >= 0.3 is 5.97 Å². The molecule has 2 aromatic carbocycles. The van der Waals surface area contributed by atoms with Crippen LogP contribution in [0.1, 0.15) is 40.9 Å². The van der Waals surface area contributed by atoms with Crippen molar-refractivity contribution in [2.75, 3.05) is 0 Å². The normalized spacial score (nSPS) is 12.8. The van der Waals surface area contributed by atoms with Gasteiger partial charge in [0.15, 0.2) is 0 Å². The van der Waals surface area contributed by atoms with E-state index in [0.717, 1.165) is 10.0 Å². The van der Waals surface area contributed by atoms with E-state index in [1.807, 2.05) is 31.2 Å². The third-order valence-electron chi connectivity index (χ3n) is 3.85. The molecule has 2 aromatic rings. The Morgan fingerprint density at radius 1 is 1.24 bits per heavy atom. The molecule has 1 unspecified atom stereocenters. The highest BCUT2D eigenvalue weighted by Crippen LogP contribution is 2.28. The molecule has 0 spiro atoms. The van der Waals surface area contributed by atoms with Gasteiger partial charge in [-0.25, -0.2) is 17.9 Å². The summed E-state index contributed by atoms with van der Waals surface area (Å²) in [7, 11) is -3.92. The van der Waals surface area contributed by atoms with Crippen molar-refractivity contribution in [1.29, 1.82) is 0 Å². The summed E-state index contributed by atoms with van der Waals surface area (Å²) in [5, 5.41) is 9.27. The Labute approximate surface area is 160 Å². The molecule has 25 heavy (non-hydrogen) atoms. The summed E-state index contributed by atoms with van der Waals surface area (Å²) in [6.07, 6.45) is 0.541. The van der Waals surface area contributed by atoms with E-state index in [2.05, 4.69) is 20.7 Å². The van der Waals surface area contributed by atoms with Gasteiger partial charge in [0, 0.05) is 10.5 Å². The zero-order chi connectivity index (χ0) is 18.8. The fraction of sp³-hybridized carbons (Fsp3) is 0.235. The third-order valence-corrected chi connectivity index (χ3v) is 6.31. The van der Waals surface area contributed by atoms with Crippen LogP contribution in [0.5, 0.6) is 0 Å². The van der Waals surface area contributed by atoms with Crippen LogP contribution < -0.4 is 4.72 Å². The summed E-state index contributed by atoms with van der Waals surface area (Å²) in [6, 6.07) is 9.51. The topological polar surface area (TPSA) is 83.5 Å². The Hall–Kier alpha value is -1.41. The first-order chi connectivity index (χ1) is 11.7. The predicted octanol–water partition coefficient (Wildman–Crippen LogP) is 4.54. The minimum Gasteiger partial charge on any atom is -0.478 e.